The molecular weight excluding hydrogens is 430 g/mol. The van der Waals surface area contributed by atoms with Crippen LogP contribution in [-0.2, 0) is 16.1 Å². The number of rotatable bonds is 6. The van der Waals surface area contributed by atoms with E-state index in [1.165, 1.54) is 0 Å². The van der Waals surface area contributed by atoms with Gasteiger partial charge < -0.3 is 15.1 Å². The summed E-state index contributed by atoms with van der Waals surface area (Å²) in [6.45, 7) is 4.69. The molecule has 2 aliphatic rings. The van der Waals surface area contributed by atoms with Crippen LogP contribution >= 0.6 is 0 Å². The number of carbonyl (C=O) groups excluding carboxylic acids is 3. The molecule has 2 heterocycles. The molecule has 4 amide bonds. The first-order chi connectivity index (χ1) is 16.4. The van der Waals surface area contributed by atoms with Gasteiger partial charge in [-0.1, -0.05) is 74.0 Å². The van der Waals surface area contributed by atoms with Gasteiger partial charge in [-0.25, -0.2) is 14.8 Å². The van der Waals surface area contributed by atoms with Crippen LogP contribution in [0.25, 0.3) is 0 Å². The number of hydrazine groups is 1. The van der Waals surface area contributed by atoms with Crippen molar-refractivity contribution in [2.45, 2.75) is 51.5 Å². The minimum Gasteiger partial charge on any atom is -0.333 e. The van der Waals surface area contributed by atoms with E-state index in [4.69, 9.17) is 0 Å². The highest BCUT2D eigenvalue weighted by Crippen LogP contribution is 2.32. The van der Waals surface area contributed by atoms with Gasteiger partial charge in [-0.15, -0.1) is 0 Å². The van der Waals surface area contributed by atoms with E-state index in [0.29, 0.717) is 13.0 Å². The SMILES string of the molecule is CCC[C@H]1C(=O)N([C@H](C)c2ccccc2)C[C@H]2N1C(=O)CN(C)N2C(=O)NCc1ccccc1. The minimum absolute atomic E-state index is 0.0526. The van der Waals surface area contributed by atoms with Gasteiger partial charge in [-0.05, 0) is 24.5 Å². The maximum Gasteiger partial charge on any atom is 0.334 e. The Hall–Kier alpha value is -3.39. The van der Waals surface area contributed by atoms with Gasteiger partial charge in [-0.2, -0.15) is 0 Å². The van der Waals surface area contributed by atoms with Gasteiger partial charge in [0.15, 0.2) is 0 Å². The third-order valence-electron chi connectivity index (χ3n) is 6.69. The molecule has 180 valence electrons. The summed E-state index contributed by atoms with van der Waals surface area (Å²) in [5, 5.41) is 6.25. The summed E-state index contributed by atoms with van der Waals surface area (Å²) < 4.78 is 0. The number of nitrogens with one attached hydrogen (secondary N) is 1. The van der Waals surface area contributed by atoms with Crippen molar-refractivity contribution in [3.8, 4) is 0 Å². The molecule has 2 saturated heterocycles. The zero-order valence-corrected chi connectivity index (χ0v) is 20.1. The summed E-state index contributed by atoms with van der Waals surface area (Å²) in [6, 6.07) is 18.5. The van der Waals surface area contributed by atoms with Crippen LogP contribution in [0.5, 0.6) is 0 Å². The molecule has 4 rings (SSSR count). The minimum atomic E-state index is -0.583. The zero-order valence-electron chi connectivity index (χ0n) is 20.1. The van der Waals surface area contributed by atoms with Crippen LogP contribution in [-0.4, -0.2) is 70.0 Å². The van der Waals surface area contributed by atoms with E-state index in [2.05, 4.69) is 5.32 Å². The predicted molar refractivity (Wildman–Crippen MR) is 129 cm³/mol. The van der Waals surface area contributed by atoms with Crippen LogP contribution < -0.4 is 5.32 Å². The summed E-state index contributed by atoms with van der Waals surface area (Å²) in [7, 11) is 1.74. The molecule has 0 unspecified atom stereocenters. The van der Waals surface area contributed by atoms with Gasteiger partial charge >= 0.3 is 6.03 Å². The fourth-order valence-electron chi connectivity index (χ4n) is 4.93. The lowest BCUT2D eigenvalue weighted by Crippen LogP contribution is -2.76. The van der Waals surface area contributed by atoms with Gasteiger partial charge in [0.25, 0.3) is 0 Å². The quantitative estimate of drug-likeness (QED) is 0.715. The van der Waals surface area contributed by atoms with E-state index in [1.807, 2.05) is 79.4 Å². The highest BCUT2D eigenvalue weighted by Gasteiger charge is 2.51. The van der Waals surface area contributed by atoms with Gasteiger partial charge in [0, 0.05) is 13.6 Å². The summed E-state index contributed by atoms with van der Waals surface area (Å²) >= 11 is 0. The Labute approximate surface area is 201 Å². The second-order valence-corrected chi connectivity index (χ2v) is 8.97. The van der Waals surface area contributed by atoms with Crippen LogP contribution in [0.4, 0.5) is 4.79 Å². The lowest BCUT2D eigenvalue weighted by molar-refractivity contribution is -0.189. The summed E-state index contributed by atoms with van der Waals surface area (Å²) in [5.41, 5.74) is 2.01. The average molecular weight is 464 g/mol. The summed E-state index contributed by atoms with van der Waals surface area (Å²) in [5.74, 6) is -0.185. The fraction of sp³-hybridized carbons (Fsp3) is 0.423. The second kappa shape index (κ2) is 10.3. The van der Waals surface area contributed by atoms with E-state index >= 15 is 0 Å². The standard InChI is InChI=1S/C26H33N5O3/c1-4-11-22-25(33)29(19(2)21-14-9-6-10-15-21)17-23-30(22)24(32)18-28(3)31(23)26(34)27-16-20-12-7-5-8-13-20/h5-10,12-15,19,22-23H,4,11,16-18H2,1-3H3,(H,27,34)/t19-,22+,23+/m1/s1. The van der Waals surface area contributed by atoms with E-state index in [9.17, 15) is 14.4 Å². The Balaban J connectivity index is 1.62. The van der Waals surface area contributed by atoms with E-state index < -0.39 is 12.2 Å². The Morgan fingerprint density at radius 1 is 1.06 bits per heavy atom. The Bertz CT molecular complexity index is 1020. The zero-order chi connectivity index (χ0) is 24.2. The maximum atomic E-state index is 13.6. The number of urea groups is 1. The third kappa shape index (κ3) is 4.63. The number of piperazine rings is 1. The highest BCUT2D eigenvalue weighted by molar-refractivity contribution is 5.91. The molecule has 0 aliphatic carbocycles. The van der Waals surface area contributed by atoms with Gasteiger partial charge in [0.2, 0.25) is 11.8 Å². The van der Waals surface area contributed by atoms with Crippen molar-refractivity contribution in [3.05, 3.63) is 71.8 Å². The van der Waals surface area contributed by atoms with Crippen molar-refractivity contribution in [2.24, 2.45) is 0 Å². The second-order valence-electron chi connectivity index (χ2n) is 8.97. The maximum absolute atomic E-state index is 13.6. The van der Waals surface area contributed by atoms with Crippen molar-refractivity contribution in [1.82, 2.24) is 25.1 Å². The number of hydrogen-bond donors (Lipinski definition) is 1. The normalized spacial score (nSPS) is 21.9. The summed E-state index contributed by atoms with van der Waals surface area (Å²) in [4.78, 5) is 43.5. The molecule has 0 saturated carbocycles. The first-order valence-corrected chi connectivity index (χ1v) is 11.9. The van der Waals surface area contributed by atoms with Crippen molar-refractivity contribution in [3.63, 3.8) is 0 Å². The van der Waals surface area contributed by atoms with Gasteiger partial charge in [-0.3, -0.25) is 9.59 Å². The van der Waals surface area contributed by atoms with Crippen LogP contribution in [0.1, 0.15) is 43.9 Å². The number of amides is 4. The first kappa shape index (κ1) is 23.8. The summed E-state index contributed by atoms with van der Waals surface area (Å²) in [6.07, 6.45) is 0.751. The van der Waals surface area contributed by atoms with Crippen molar-refractivity contribution in [1.29, 1.82) is 0 Å². The van der Waals surface area contributed by atoms with Crippen LogP contribution in [0.3, 0.4) is 0 Å². The number of likely N-dealkylation sites (N-methyl/N-ethyl adjacent to an activating group) is 1. The molecule has 0 bridgehead atoms. The van der Waals surface area contributed by atoms with Gasteiger partial charge in [0.05, 0.1) is 19.1 Å². The Kier molecular flexibility index (Phi) is 7.17. The molecule has 2 aliphatic heterocycles. The van der Waals surface area contributed by atoms with Crippen LogP contribution in [0.2, 0.25) is 0 Å². The number of hydrogen-bond acceptors (Lipinski definition) is 4. The molecule has 2 aromatic carbocycles. The van der Waals surface area contributed by atoms with Crippen molar-refractivity contribution < 1.29 is 14.4 Å². The highest BCUT2D eigenvalue weighted by atomic mass is 16.2. The van der Waals surface area contributed by atoms with E-state index in [-0.39, 0.29) is 37.0 Å². The topological polar surface area (TPSA) is 76.2 Å². The Morgan fingerprint density at radius 2 is 1.71 bits per heavy atom. The Morgan fingerprint density at radius 3 is 2.35 bits per heavy atom. The average Bonchev–Trinajstić information content (AvgIpc) is 2.85. The van der Waals surface area contributed by atoms with Crippen LogP contribution in [0, 0.1) is 0 Å². The van der Waals surface area contributed by atoms with Crippen LogP contribution in [0.15, 0.2) is 60.7 Å². The lowest BCUT2D eigenvalue weighted by Gasteiger charge is -2.55. The molecule has 8 heteroatoms. The predicted octanol–water partition coefficient (Wildman–Crippen LogP) is 2.99. The number of carbonyl (C=O) groups is 3. The van der Waals surface area contributed by atoms with Gasteiger partial charge in [0.1, 0.15) is 12.2 Å². The third-order valence-corrected chi connectivity index (χ3v) is 6.69. The molecule has 34 heavy (non-hydrogen) atoms. The molecule has 8 nitrogen and oxygen atoms in total. The first-order valence-electron chi connectivity index (χ1n) is 11.9. The number of fused-ring (bicyclic) bond motifs is 1. The monoisotopic (exact) mass is 463 g/mol. The smallest absolute Gasteiger partial charge is 0.333 e. The molecule has 1 N–H and O–H groups in total. The molecule has 2 aromatic rings. The van der Waals surface area contributed by atoms with Crippen molar-refractivity contribution >= 4 is 17.8 Å². The van der Waals surface area contributed by atoms with E-state index in [1.54, 1.807) is 22.0 Å². The number of benzene rings is 2. The van der Waals surface area contributed by atoms with E-state index in [0.717, 1.165) is 17.5 Å². The molecule has 2 fully saturated rings. The number of nitrogens with zero attached hydrogens (tertiary/aromatic N) is 4. The largest absolute Gasteiger partial charge is 0.334 e. The molecule has 0 radical (unpaired) electrons. The molecular formula is C26H33N5O3. The fourth-order valence-corrected chi connectivity index (χ4v) is 4.93. The van der Waals surface area contributed by atoms with Crippen molar-refractivity contribution in [2.75, 3.05) is 20.1 Å². The molecule has 3 atom stereocenters. The molecule has 0 aromatic heterocycles. The lowest BCUT2D eigenvalue weighted by atomic mass is 9.98. The molecule has 0 spiro atoms.